The van der Waals surface area contributed by atoms with Crippen LogP contribution in [0.25, 0.3) is 0 Å². The van der Waals surface area contributed by atoms with Crippen molar-refractivity contribution in [3.05, 3.63) is 0 Å². The van der Waals surface area contributed by atoms with E-state index in [0.717, 1.165) is 12.8 Å². The van der Waals surface area contributed by atoms with E-state index in [-0.39, 0.29) is 24.3 Å². The highest BCUT2D eigenvalue weighted by Crippen LogP contribution is 2.33. The fraction of sp³-hybridized carbons (Fsp3) is 0.938. The Morgan fingerprint density at radius 3 is 2.25 bits per heavy atom. The van der Waals surface area contributed by atoms with Gasteiger partial charge in [0.05, 0.1) is 12.1 Å². The Morgan fingerprint density at radius 1 is 1.20 bits per heavy atom. The third-order valence-electron chi connectivity index (χ3n) is 3.15. The second-order valence-corrected chi connectivity index (χ2v) is 7.65. The Hall–Kier alpha value is -0.770. The SMILES string of the molecule is CC(C)C[C@H](NC(=O)OC(C)(C)C)[C@H]1O[C@@H]1CC(C)C. The van der Waals surface area contributed by atoms with Crippen LogP contribution in [0, 0.1) is 11.8 Å². The third kappa shape index (κ3) is 6.60. The molecule has 3 atom stereocenters. The molecular formula is C16H31NO3. The van der Waals surface area contributed by atoms with Gasteiger partial charge in [0.2, 0.25) is 0 Å². The average Bonchev–Trinajstić information content (AvgIpc) is 2.90. The summed E-state index contributed by atoms with van der Waals surface area (Å²) in [6, 6.07) is 0.0496. The predicted octanol–water partition coefficient (Wildman–Crippen LogP) is 3.74. The van der Waals surface area contributed by atoms with Crippen molar-refractivity contribution in [1.82, 2.24) is 5.32 Å². The molecular weight excluding hydrogens is 254 g/mol. The van der Waals surface area contributed by atoms with Crippen LogP contribution in [0.4, 0.5) is 4.79 Å². The molecule has 1 N–H and O–H groups in total. The van der Waals surface area contributed by atoms with E-state index in [1.165, 1.54) is 0 Å². The molecule has 0 aromatic carbocycles. The van der Waals surface area contributed by atoms with Crippen LogP contribution in [0.2, 0.25) is 0 Å². The van der Waals surface area contributed by atoms with E-state index in [4.69, 9.17) is 9.47 Å². The molecule has 0 aliphatic carbocycles. The summed E-state index contributed by atoms with van der Waals surface area (Å²) in [4.78, 5) is 11.9. The van der Waals surface area contributed by atoms with Gasteiger partial charge >= 0.3 is 6.09 Å². The van der Waals surface area contributed by atoms with Crippen LogP contribution in [-0.2, 0) is 9.47 Å². The summed E-state index contributed by atoms with van der Waals surface area (Å²) < 4.78 is 11.1. The van der Waals surface area contributed by atoms with Gasteiger partial charge in [-0.05, 0) is 45.4 Å². The van der Waals surface area contributed by atoms with Crippen LogP contribution >= 0.6 is 0 Å². The van der Waals surface area contributed by atoms with Gasteiger partial charge in [0.1, 0.15) is 11.7 Å². The fourth-order valence-corrected chi connectivity index (χ4v) is 2.41. The molecule has 0 saturated carbocycles. The largest absolute Gasteiger partial charge is 0.444 e. The Balaban J connectivity index is 2.51. The zero-order valence-electron chi connectivity index (χ0n) is 14.0. The minimum Gasteiger partial charge on any atom is -0.444 e. The number of ether oxygens (including phenoxy) is 2. The van der Waals surface area contributed by atoms with Crippen molar-refractivity contribution in [3.8, 4) is 0 Å². The van der Waals surface area contributed by atoms with Gasteiger partial charge in [-0.1, -0.05) is 27.7 Å². The summed E-state index contributed by atoms with van der Waals surface area (Å²) >= 11 is 0. The van der Waals surface area contributed by atoms with E-state index in [1.54, 1.807) is 0 Å². The van der Waals surface area contributed by atoms with Crippen molar-refractivity contribution in [2.45, 2.75) is 85.2 Å². The average molecular weight is 285 g/mol. The molecule has 1 aliphatic rings. The van der Waals surface area contributed by atoms with Crippen LogP contribution in [-0.4, -0.2) is 29.9 Å². The molecule has 4 heteroatoms. The predicted molar refractivity (Wildman–Crippen MR) is 80.7 cm³/mol. The maximum atomic E-state index is 11.9. The van der Waals surface area contributed by atoms with Crippen LogP contribution in [0.1, 0.15) is 61.3 Å². The minimum absolute atomic E-state index is 0.0496. The van der Waals surface area contributed by atoms with Gasteiger partial charge in [-0.15, -0.1) is 0 Å². The second kappa shape index (κ2) is 6.79. The number of carbonyl (C=O) groups excluding carboxylic acids is 1. The maximum Gasteiger partial charge on any atom is 0.407 e. The normalized spacial score (nSPS) is 23.9. The summed E-state index contributed by atoms with van der Waals surface area (Å²) in [5.41, 5.74) is -0.464. The van der Waals surface area contributed by atoms with E-state index in [9.17, 15) is 4.79 Å². The lowest BCUT2D eigenvalue weighted by Gasteiger charge is -2.24. The summed E-state index contributed by atoms with van der Waals surface area (Å²) in [7, 11) is 0. The number of carbonyl (C=O) groups is 1. The van der Waals surface area contributed by atoms with E-state index in [0.29, 0.717) is 11.8 Å². The van der Waals surface area contributed by atoms with Crippen molar-refractivity contribution >= 4 is 6.09 Å². The molecule has 0 radical (unpaired) electrons. The first-order valence-electron chi connectivity index (χ1n) is 7.73. The van der Waals surface area contributed by atoms with Crippen LogP contribution in [0.3, 0.4) is 0 Å². The highest BCUT2D eigenvalue weighted by atomic mass is 16.6. The van der Waals surface area contributed by atoms with Gasteiger partial charge in [-0.25, -0.2) is 4.79 Å². The highest BCUT2D eigenvalue weighted by molar-refractivity contribution is 5.68. The molecule has 1 aliphatic heterocycles. The molecule has 0 unspecified atom stereocenters. The van der Waals surface area contributed by atoms with Crippen molar-refractivity contribution in [1.29, 1.82) is 0 Å². The molecule has 0 aromatic rings. The van der Waals surface area contributed by atoms with Crippen molar-refractivity contribution in [2.24, 2.45) is 11.8 Å². The quantitative estimate of drug-likeness (QED) is 0.756. The standard InChI is InChI=1S/C16H31NO3/c1-10(2)8-12(14-13(19-14)9-11(3)4)17-15(18)20-16(5,6)7/h10-14H,8-9H2,1-7H3,(H,17,18)/t12-,13+,14+/m0/s1. The van der Waals surface area contributed by atoms with E-state index < -0.39 is 5.60 Å². The van der Waals surface area contributed by atoms with Gasteiger partial charge in [0.25, 0.3) is 0 Å². The van der Waals surface area contributed by atoms with E-state index in [2.05, 4.69) is 33.0 Å². The highest BCUT2D eigenvalue weighted by Gasteiger charge is 2.45. The molecule has 0 aromatic heterocycles. The second-order valence-electron chi connectivity index (χ2n) is 7.65. The topological polar surface area (TPSA) is 50.9 Å². The fourth-order valence-electron chi connectivity index (χ4n) is 2.41. The lowest BCUT2D eigenvalue weighted by atomic mass is 9.97. The number of hydrogen-bond donors (Lipinski definition) is 1. The van der Waals surface area contributed by atoms with E-state index >= 15 is 0 Å². The zero-order chi connectivity index (χ0) is 15.5. The number of alkyl carbamates (subject to hydrolysis) is 1. The van der Waals surface area contributed by atoms with Crippen molar-refractivity contribution in [2.75, 3.05) is 0 Å². The van der Waals surface area contributed by atoms with Crippen molar-refractivity contribution < 1.29 is 14.3 Å². The molecule has 1 heterocycles. The molecule has 118 valence electrons. The Kier molecular flexibility index (Phi) is 5.87. The lowest BCUT2D eigenvalue weighted by molar-refractivity contribution is 0.0488. The lowest BCUT2D eigenvalue weighted by Crippen LogP contribution is -2.43. The number of rotatable bonds is 6. The molecule has 1 fully saturated rings. The van der Waals surface area contributed by atoms with Crippen molar-refractivity contribution in [3.63, 3.8) is 0 Å². The Labute approximate surface area is 123 Å². The summed E-state index contributed by atoms with van der Waals surface area (Å²) in [6.45, 7) is 14.3. The number of nitrogens with one attached hydrogen (secondary N) is 1. The first-order chi connectivity index (χ1) is 9.08. The van der Waals surface area contributed by atoms with Gasteiger partial charge in [0.15, 0.2) is 0 Å². The molecule has 4 nitrogen and oxygen atoms in total. The first kappa shape index (κ1) is 17.3. The number of amides is 1. The van der Waals surface area contributed by atoms with Gasteiger partial charge in [-0.2, -0.15) is 0 Å². The minimum atomic E-state index is -0.464. The summed E-state index contributed by atoms with van der Waals surface area (Å²) in [5, 5.41) is 2.98. The Morgan fingerprint density at radius 2 is 1.80 bits per heavy atom. The van der Waals surface area contributed by atoms with Gasteiger partial charge in [-0.3, -0.25) is 0 Å². The number of epoxide rings is 1. The maximum absolute atomic E-state index is 11.9. The molecule has 1 rings (SSSR count). The van der Waals surface area contributed by atoms with Crippen LogP contribution < -0.4 is 5.32 Å². The summed E-state index contributed by atoms with van der Waals surface area (Å²) in [6.07, 6.45) is 2.05. The van der Waals surface area contributed by atoms with Gasteiger partial charge in [0, 0.05) is 0 Å². The molecule has 0 spiro atoms. The zero-order valence-corrected chi connectivity index (χ0v) is 14.0. The monoisotopic (exact) mass is 285 g/mol. The Bertz CT molecular complexity index is 320. The van der Waals surface area contributed by atoms with Crippen LogP contribution in [0.15, 0.2) is 0 Å². The third-order valence-corrected chi connectivity index (χ3v) is 3.15. The smallest absolute Gasteiger partial charge is 0.407 e. The summed E-state index contributed by atoms with van der Waals surface area (Å²) in [5.74, 6) is 1.13. The van der Waals surface area contributed by atoms with Gasteiger partial charge < -0.3 is 14.8 Å². The number of hydrogen-bond acceptors (Lipinski definition) is 3. The first-order valence-corrected chi connectivity index (χ1v) is 7.73. The molecule has 1 saturated heterocycles. The van der Waals surface area contributed by atoms with E-state index in [1.807, 2.05) is 20.8 Å². The van der Waals surface area contributed by atoms with Crippen LogP contribution in [0.5, 0.6) is 0 Å². The molecule has 20 heavy (non-hydrogen) atoms. The molecule has 0 bridgehead atoms. The molecule has 1 amide bonds.